The number of hydrazine groups is 6. The van der Waals surface area contributed by atoms with Crippen molar-refractivity contribution in [1.29, 1.82) is 0 Å². The number of nitrogens with one attached hydrogen (secondary N) is 6. The Bertz CT molecular complexity index is 3450. The van der Waals surface area contributed by atoms with Crippen LogP contribution in [0, 0.1) is 53.3 Å². The summed E-state index contributed by atoms with van der Waals surface area (Å²) < 4.78 is 0. The largest absolute Gasteiger partial charge is 0.306 e. The van der Waals surface area contributed by atoms with E-state index in [9.17, 15) is 0 Å². The number of rotatable bonds is 6. The van der Waals surface area contributed by atoms with E-state index >= 15 is 0 Å². The van der Waals surface area contributed by atoms with Crippen molar-refractivity contribution in [2.75, 3.05) is 0 Å². The molecule has 6 N–H and O–H groups in total. The van der Waals surface area contributed by atoms with Crippen molar-refractivity contribution in [3.05, 3.63) is 140 Å². The molecule has 12 nitrogen and oxygen atoms in total. The predicted octanol–water partition coefficient (Wildman–Crippen LogP) is 16.8. The first-order chi connectivity index (χ1) is 46.7. The summed E-state index contributed by atoms with van der Waals surface area (Å²) >= 11 is 0. The lowest BCUT2D eigenvalue weighted by molar-refractivity contribution is 0.0813. The molecule has 540 valence electrons. The fourth-order valence-corrected chi connectivity index (χ4v) is 23.4. The van der Waals surface area contributed by atoms with E-state index in [1.54, 1.807) is 11.1 Å². The Labute approximate surface area is 599 Å². The lowest BCUT2D eigenvalue weighted by atomic mass is 9.68. The van der Waals surface area contributed by atoms with Gasteiger partial charge in [-0.15, -0.1) is 16.6 Å². The van der Waals surface area contributed by atoms with E-state index in [1.165, 1.54) is 172 Å². The summed E-state index contributed by atoms with van der Waals surface area (Å²) in [6.07, 6.45) is 30.4. The maximum Gasteiger partial charge on any atom is 0.0484 e. The maximum absolute atomic E-state index is 3.96. The first-order valence-corrected chi connectivity index (χ1v) is 40.5. The number of fused-ring (bicyclic) bond motifs is 15. The van der Waals surface area contributed by atoms with E-state index < -0.39 is 0 Å². The standard InChI is InChI=1S/C87H132N12/c1-82(2,3)58-23-19-57(72(42-58)87(16,17)18)48-96-78-29-22-56-39-68(78)71-45-65(26-32-81(71)96)99-50-74(89-93-99)55-21-28-77-67(38-55)69-43-63(24-30-79(69)95(77)47-53-35-61(85(10,11)12)41-62(36-53)86(13,14)15)97-49-73(88-91-97)54-20-27-76-66(37-54)70-44-64(98-51-75(56)90-92-98)25-31-80(70)94(76)46-52-33-59(83(4,5)6)40-60(34-52)84(7,8)9/h19,23,33-36,40-42,49-51,54-56,63-71,76-81,88-93H,20-22,24-32,37-39,43-48H2,1-18H3. The van der Waals surface area contributed by atoms with Crippen LogP contribution >= 0.6 is 0 Å². The Morgan fingerprint density at radius 1 is 0.303 bits per heavy atom. The van der Waals surface area contributed by atoms with Crippen LogP contribution in [0.3, 0.4) is 0 Å². The number of nitrogens with zero attached hydrogens (tertiary/aromatic N) is 6. The SMILES string of the molecule is CC(C)(C)c1cc(CN2C3CCC4CC3C3CC(CCC32)N2C=C(NN2)C2CCC3C(C2)C2CC(CCC2N3Cc2cc(C(C)(C)C)cc(C(C)(C)C)c2)N2C=C(NN2)C2CCC3C(C2)C2CC(CCC2N3Cc2ccc(C(C)(C)C)cc2C(C)(C)C)N2C=C4NN2)cc(C(C)(C)C)c1. The van der Waals surface area contributed by atoms with E-state index in [1.807, 2.05) is 0 Å². The zero-order valence-electron chi connectivity index (χ0n) is 64.9. The zero-order chi connectivity index (χ0) is 69.4. The summed E-state index contributed by atoms with van der Waals surface area (Å²) in [6, 6.07) is 28.1. The molecule has 0 radical (unpaired) electrons. The molecule has 7 heterocycles. The van der Waals surface area contributed by atoms with Gasteiger partial charge in [-0.2, -0.15) is 0 Å². The minimum absolute atomic E-state index is 0.0687. The van der Waals surface area contributed by atoms with Gasteiger partial charge in [-0.05, 0) is 234 Å². The van der Waals surface area contributed by atoms with Crippen LogP contribution < -0.4 is 32.9 Å². The Morgan fingerprint density at radius 3 is 0.899 bits per heavy atom. The van der Waals surface area contributed by atoms with Gasteiger partial charge in [0.25, 0.3) is 0 Å². The van der Waals surface area contributed by atoms with Gasteiger partial charge >= 0.3 is 0 Å². The summed E-state index contributed by atoms with van der Waals surface area (Å²) in [5.74, 6) is 5.56. The van der Waals surface area contributed by atoms with Crippen LogP contribution in [0.2, 0.25) is 0 Å². The van der Waals surface area contributed by atoms with E-state index in [-0.39, 0.29) is 32.5 Å². The van der Waals surface area contributed by atoms with Crippen molar-refractivity contribution >= 4 is 0 Å². The van der Waals surface area contributed by atoms with Gasteiger partial charge in [0, 0.05) is 127 Å². The van der Waals surface area contributed by atoms with Gasteiger partial charge in [0.15, 0.2) is 0 Å². The van der Waals surface area contributed by atoms with Crippen LogP contribution in [0.5, 0.6) is 0 Å². The van der Waals surface area contributed by atoms with Crippen molar-refractivity contribution < 1.29 is 0 Å². The molecule has 12 heteroatoms. The molecule has 9 fully saturated rings. The molecule has 18 bridgehead atoms. The minimum Gasteiger partial charge on any atom is -0.306 e. The van der Waals surface area contributed by atoms with Gasteiger partial charge in [-0.3, -0.25) is 29.7 Å². The quantitative estimate of drug-likeness (QED) is 0.142. The van der Waals surface area contributed by atoms with Crippen molar-refractivity contribution in [3.63, 3.8) is 0 Å². The molecule has 18 unspecified atom stereocenters. The fraction of sp³-hybridized carbons (Fsp3) is 0.724. The summed E-state index contributed by atoms with van der Waals surface area (Å²) in [6.45, 7) is 46.7. The van der Waals surface area contributed by atoms with Crippen LogP contribution in [0.25, 0.3) is 0 Å². The molecule has 3 saturated heterocycles. The van der Waals surface area contributed by atoms with Crippen LogP contribution in [0.1, 0.15) is 290 Å². The summed E-state index contributed by atoms with van der Waals surface area (Å²) in [4.78, 5) is 9.32. The molecule has 16 rings (SSSR count). The molecule has 0 amide bonds. The van der Waals surface area contributed by atoms with Crippen molar-refractivity contribution in [3.8, 4) is 0 Å². The molecule has 0 spiro atoms. The summed E-state index contributed by atoms with van der Waals surface area (Å²) in [7, 11) is 0. The molecule has 6 saturated carbocycles. The number of allylic oxidation sites excluding steroid dienone is 3. The monoisotopic (exact) mass is 1350 g/mol. The second-order valence-electron chi connectivity index (χ2n) is 41.2. The normalized spacial score (nSPS) is 35.7. The molecular formula is C87H132N12. The molecule has 6 aliphatic carbocycles. The highest BCUT2D eigenvalue weighted by Gasteiger charge is 2.58. The summed E-state index contributed by atoms with van der Waals surface area (Å²) in [5.41, 5.74) is 42.1. The predicted molar refractivity (Wildman–Crippen MR) is 405 cm³/mol. The van der Waals surface area contributed by atoms with Crippen molar-refractivity contribution in [1.82, 2.24) is 62.6 Å². The van der Waals surface area contributed by atoms with Crippen molar-refractivity contribution in [2.45, 2.75) is 347 Å². The van der Waals surface area contributed by atoms with Crippen molar-refractivity contribution in [2.24, 2.45) is 53.3 Å². The topological polar surface area (TPSA) is 91.6 Å². The Morgan fingerprint density at radius 2 is 0.596 bits per heavy atom. The fourth-order valence-electron chi connectivity index (χ4n) is 23.4. The average molecular weight is 1350 g/mol. The Balaban J connectivity index is 0.739. The van der Waals surface area contributed by atoms with E-state index in [0.717, 1.165) is 19.6 Å². The molecule has 18 atom stereocenters. The maximum atomic E-state index is 3.96. The smallest absolute Gasteiger partial charge is 0.0484 e. The van der Waals surface area contributed by atoms with Crippen LogP contribution in [-0.2, 0) is 52.1 Å². The van der Waals surface area contributed by atoms with Gasteiger partial charge in [0.2, 0.25) is 0 Å². The molecule has 13 aliphatic rings. The van der Waals surface area contributed by atoms with E-state index in [4.69, 9.17) is 0 Å². The highest BCUT2D eigenvalue weighted by Crippen LogP contribution is 2.58. The molecule has 99 heavy (non-hydrogen) atoms. The highest BCUT2D eigenvalue weighted by molar-refractivity contribution is 5.42. The van der Waals surface area contributed by atoms with Crippen LogP contribution in [-0.4, -0.2) is 84.1 Å². The third-order valence-electron chi connectivity index (χ3n) is 28.9. The average Bonchev–Trinajstić information content (AvgIpc) is 1.59. The molecule has 0 aromatic heterocycles. The summed E-state index contributed by atoms with van der Waals surface area (Å²) in [5, 5.41) is 7.80. The van der Waals surface area contributed by atoms with E-state index in [2.05, 4.69) is 260 Å². The van der Waals surface area contributed by atoms with Gasteiger partial charge in [0.1, 0.15) is 0 Å². The second kappa shape index (κ2) is 25.1. The van der Waals surface area contributed by atoms with Crippen LogP contribution in [0.15, 0.2) is 90.3 Å². The third kappa shape index (κ3) is 13.0. The Kier molecular flexibility index (Phi) is 17.4. The van der Waals surface area contributed by atoms with Gasteiger partial charge in [0.05, 0.1) is 0 Å². The molecule has 3 aromatic carbocycles. The minimum atomic E-state index is 0.0687. The van der Waals surface area contributed by atoms with E-state index in [0.29, 0.717) is 108 Å². The van der Waals surface area contributed by atoms with Gasteiger partial charge in [-0.1, -0.05) is 179 Å². The lowest BCUT2D eigenvalue weighted by Gasteiger charge is -2.40. The van der Waals surface area contributed by atoms with Gasteiger partial charge < -0.3 is 16.3 Å². The Hall–Kier alpha value is -4.56. The highest BCUT2D eigenvalue weighted by atomic mass is 15.7. The van der Waals surface area contributed by atoms with Gasteiger partial charge in [-0.25, -0.2) is 0 Å². The number of benzene rings is 3. The second-order valence-corrected chi connectivity index (χ2v) is 41.2. The number of hydrogen-bond donors (Lipinski definition) is 6. The molecule has 3 aromatic rings. The third-order valence-corrected chi connectivity index (χ3v) is 28.9. The number of hydrogen-bond acceptors (Lipinski definition) is 12. The first-order valence-electron chi connectivity index (χ1n) is 40.5. The first kappa shape index (κ1) is 68.8. The number of likely N-dealkylation sites (tertiary alicyclic amines) is 3. The lowest BCUT2D eigenvalue weighted by Crippen LogP contribution is -2.49. The van der Waals surface area contributed by atoms with Crippen LogP contribution in [0.4, 0.5) is 0 Å². The zero-order valence-corrected chi connectivity index (χ0v) is 64.9. The molecule has 7 aliphatic heterocycles. The molecular weight excluding hydrogens is 1210 g/mol.